The lowest BCUT2D eigenvalue weighted by Gasteiger charge is -2.20. The predicted octanol–water partition coefficient (Wildman–Crippen LogP) is 3.09. The lowest BCUT2D eigenvalue weighted by Crippen LogP contribution is -2.27. The molecule has 1 N–H and O–H groups in total. The van der Waals surface area contributed by atoms with Gasteiger partial charge in [0, 0.05) is 19.7 Å². The van der Waals surface area contributed by atoms with Crippen molar-refractivity contribution >= 4 is 0 Å². The average Bonchev–Trinajstić information content (AvgIpc) is 2.52. The summed E-state index contributed by atoms with van der Waals surface area (Å²) in [4.78, 5) is 2.42. The van der Waals surface area contributed by atoms with Crippen molar-refractivity contribution in [1.82, 2.24) is 10.2 Å². The zero-order valence-corrected chi connectivity index (χ0v) is 14.0. The quantitative estimate of drug-likeness (QED) is 0.599. The van der Waals surface area contributed by atoms with Gasteiger partial charge in [-0.2, -0.15) is 0 Å². The maximum Gasteiger partial charge on any atom is 0.0593 e. The summed E-state index contributed by atoms with van der Waals surface area (Å²) < 4.78 is 5.44. The van der Waals surface area contributed by atoms with E-state index in [1.165, 1.54) is 17.5 Å². The summed E-state index contributed by atoms with van der Waals surface area (Å²) in [6.45, 7) is 13.4. The van der Waals surface area contributed by atoms with Crippen LogP contribution in [-0.4, -0.2) is 44.3 Å². The minimum Gasteiger partial charge on any atom is -0.380 e. The van der Waals surface area contributed by atoms with Crippen molar-refractivity contribution in [3.8, 4) is 0 Å². The average molecular weight is 292 g/mol. The summed E-state index contributed by atoms with van der Waals surface area (Å²) >= 11 is 0. The standard InChI is InChI=1S/C18H32N2O/c1-4-12-19-13-11-17-7-9-18(10-8-17)16-20(5-2)14-15-21-6-3/h7-10,19H,4-6,11-16H2,1-3H3. The molecule has 0 heterocycles. The Kier molecular flexibility index (Phi) is 10.1. The molecule has 21 heavy (non-hydrogen) atoms. The molecule has 0 amide bonds. The SMILES string of the molecule is CCCNCCc1ccc(CN(CC)CCOCC)cc1. The summed E-state index contributed by atoms with van der Waals surface area (Å²) in [5.74, 6) is 0. The minimum absolute atomic E-state index is 0.804. The monoisotopic (exact) mass is 292 g/mol. The van der Waals surface area contributed by atoms with E-state index in [9.17, 15) is 0 Å². The topological polar surface area (TPSA) is 24.5 Å². The van der Waals surface area contributed by atoms with Crippen LogP contribution in [0.3, 0.4) is 0 Å². The first-order chi connectivity index (χ1) is 10.3. The maximum atomic E-state index is 5.44. The normalized spacial score (nSPS) is 11.2. The van der Waals surface area contributed by atoms with E-state index in [0.29, 0.717) is 0 Å². The summed E-state index contributed by atoms with van der Waals surface area (Å²) in [6, 6.07) is 9.05. The molecule has 3 nitrogen and oxygen atoms in total. The largest absolute Gasteiger partial charge is 0.380 e. The molecule has 1 rings (SSSR count). The first kappa shape index (κ1) is 18.1. The van der Waals surface area contributed by atoms with E-state index < -0.39 is 0 Å². The molecule has 1 aromatic rings. The molecular formula is C18H32N2O. The predicted molar refractivity (Wildman–Crippen MR) is 90.8 cm³/mol. The van der Waals surface area contributed by atoms with Crippen LogP contribution in [0.15, 0.2) is 24.3 Å². The number of likely N-dealkylation sites (N-methyl/N-ethyl adjacent to an activating group) is 1. The van der Waals surface area contributed by atoms with Crippen LogP contribution in [-0.2, 0) is 17.7 Å². The van der Waals surface area contributed by atoms with Crippen molar-refractivity contribution < 1.29 is 4.74 Å². The lowest BCUT2D eigenvalue weighted by atomic mass is 10.1. The molecule has 0 spiro atoms. The number of benzene rings is 1. The molecule has 0 saturated carbocycles. The van der Waals surface area contributed by atoms with E-state index in [4.69, 9.17) is 4.74 Å². The van der Waals surface area contributed by atoms with Crippen molar-refractivity contribution in [1.29, 1.82) is 0 Å². The van der Waals surface area contributed by atoms with E-state index >= 15 is 0 Å². The van der Waals surface area contributed by atoms with Gasteiger partial charge in [0.25, 0.3) is 0 Å². The number of ether oxygens (including phenoxy) is 1. The van der Waals surface area contributed by atoms with Crippen molar-refractivity contribution in [3.05, 3.63) is 35.4 Å². The molecule has 0 atom stereocenters. The molecule has 0 fully saturated rings. The lowest BCUT2D eigenvalue weighted by molar-refractivity contribution is 0.113. The molecule has 0 aliphatic heterocycles. The summed E-state index contributed by atoms with van der Waals surface area (Å²) in [5, 5.41) is 3.45. The van der Waals surface area contributed by atoms with Gasteiger partial charge in [0.2, 0.25) is 0 Å². The van der Waals surface area contributed by atoms with E-state index in [2.05, 4.69) is 48.3 Å². The molecular weight excluding hydrogens is 260 g/mol. The number of hydrogen-bond acceptors (Lipinski definition) is 3. The van der Waals surface area contributed by atoms with Crippen LogP contribution < -0.4 is 5.32 Å². The van der Waals surface area contributed by atoms with Crippen LogP contribution in [0.25, 0.3) is 0 Å². The van der Waals surface area contributed by atoms with Crippen LogP contribution in [0, 0.1) is 0 Å². The third-order valence-corrected chi connectivity index (χ3v) is 3.65. The first-order valence-corrected chi connectivity index (χ1v) is 8.38. The van der Waals surface area contributed by atoms with Gasteiger partial charge in [-0.3, -0.25) is 4.90 Å². The Morgan fingerprint density at radius 1 is 1.00 bits per heavy atom. The van der Waals surface area contributed by atoms with Gasteiger partial charge in [-0.1, -0.05) is 38.1 Å². The van der Waals surface area contributed by atoms with Gasteiger partial charge in [-0.05, 0) is 50.5 Å². The Morgan fingerprint density at radius 3 is 2.33 bits per heavy atom. The molecule has 0 aliphatic carbocycles. The minimum atomic E-state index is 0.804. The van der Waals surface area contributed by atoms with E-state index in [0.717, 1.165) is 52.4 Å². The fraction of sp³-hybridized carbons (Fsp3) is 0.667. The number of nitrogens with zero attached hydrogens (tertiary/aromatic N) is 1. The second-order valence-electron chi connectivity index (χ2n) is 5.38. The van der Waals surface area contributed by atoms with Crippen LogP contribution in [0.5, 0.6) is 0 Å². The second-order valence-corrected chi connectivity index (χ2v) is 5.38. The number of rotatable bonds is 12. The van der Waals surface area contributed by atoms with Crippen LogP contribution in [0.2, 0.25) is 0 Å². The highest BCUT2D eigenvalue weighted by Crippen LogP contribution is 2.08. The third-order valence-electron chi connectivity index (χ3n) is 3.65. The zero-order chi connectivity index (χ0) is 15.3. The fourth-order valence-electron chi connectivity index (χ4n) is 2.29. The van der Waals surface area contributed by atoms with Crippen molar-refractivity contribution in [2.24, 2.45) is 0 Å². The highest BCUT2D eigenvalue weighted by molar-refractivity contribution is 5.22. The van der Waals surface area contributed by atoms with Gasteiger partial charge in [0.15, 0.2) is 0 Å². The molecule has 0 radical (unpaired) electrons. The van der Waals surface area contributed by atoms with Crippen LogP contribution >= 0.6 is 0 Å². The number of nitrogens with one attached hydrogen (secondary N) is 1. The highest BCUT2D eigenvalue weighted by Gasteiger charge is 2.03. The molecule has 0 bridgehead atoms. The number of hydrogen-bond donors (Lipinski definition) is 1. The molecule has 0 unspecified atom stereocenters. The van der Waals surface area contributed by atoms with Crippen LogP contribution in [0.1, 0.15) is 38.3 Å². The Balaban J connectivity index is 2.34. The Bertz CT molecular complexity index is 351. The Morgan fingerprint density at radius 2 is 1.71 bits per heavy atom. The molecule has 0 aliphatic rings. The highest BCUT2D eigenvalue weighted by atomic mass is 16.5. The molecule has 3 heteroatoms. The van der Waals surface area contributed by atoms with Gasteiger partial charge < -0.3 is 10.1 Å². The van der Waals surface area contributed by atoms with Gasteiger partial charge in [0.1, 0.15) is 0 Å². The fourth-order valence-corrected chi connectivity index (χ4v) is 2.29. The molecule has 1 aromatic carbocycles. The van der Waals surface area contributed by atoms with Gasteiger partial charge >= 0.3 is 0 Å². The third kappa shape index (κ3) is 8.20. The Labute approximate surface area is 130 Å². The Hall–Kier alpha value is -0.900. The van der Waals surface area contributed by atoms with Crippen molar-refractivity contribution in [3.63, 3.8) is 0 Å². The summed E-state index contributed by atoms with van der Waals surface area (Å²) in [7, 11) is 0. The first-order valence-electron chi connectivity index (χ1n) is 8.38. The smallest absolute Gasteiger partial charge is 0.0593 e. The van der Waals surface area contributed by atoms with Gasteiger partial charge in [-0.25, -0.2) is 0 Å². The molecule has 0 saturated heterocycles. The molecule has 120 valence electrons. The van der Waals surface area contributed by atoms with E-state index in [1.807, 2.05) is 6.92 Å². The van der Waals surface area contributed by atoms with E-state index in [1.54, 1.807) is 0 Å². The van der Waals surface area contributed by atoms with Gasteiger partial charge in [0.05, 0.1) is 6.61 Å². The van der Waals surface area contributed by atoms with Crippen molar-refractivity contribution in [2.45, 2.75) is 40.2 Å². The van der Waals surface area contributed by atoms with E-state index in [-0.39, 0.29) is 0 Å². The van der Waals surface area contributed by atoms with Crippen molar-refractivity contribution in [2.75, 3.05) is 39.4 Å². The molecule has 0 aromatic heterocycles. The second kappa shape index (κ2) is 11.7. The maximum absolute atomic E-state index is 5.44. The summed E-state index contributed by atoms with van der Waals surface area (Å²) in [5.41, 5.74) is 2.80. The van der Waals surface area contributed by atoms with Gasteiger partial charge in [-0.15, -0.1) is 0 Å². The van der Waals surface area contributed by atoms with Crippen LogP contribution in [0.4, 0.5) is 0 Å². The summed E-state index contributed by atoms with van der Waals surface area (Å²) in [6.07, 6.45) is 2.32. The zero-order valence-electron chi connectivity index (χ0n) is 14.0.